The van der Waals surface area contributed by atoms with Gasteiger partial charge in [0.1, 0.15) is 0 Å². The van der Waals surface area contributed by atoms with Gasteiger partial charge in [0.2, 0.25) is 5.91 Å². The number of carboxylic acid groups (broad SMARTS) is 1. The standard InChI is InChI=1S/C15H18BrNO3/c1-11-5-6-12(13(16)10-11)7-8-14(18)17-9-3-2-4-15(19)20/h5-8,10H,2-4,9H2,1H3,(H,17,18)(H,19,20). The van der Waals surface area contributed by atoms with Gasteiger partial charge < -0.3 is 10.4 Å². The lowest BCUT2D eigenvalue weighted by molar-refractivity contribution is -0.137. The van der Waals surface area contributed by atoms with E-state index in [1.165, 1.54) is 6.08 Å². The van der Waals surface area contributed by atoms with Crippen LogP contribution in [-0.2, 0) is 9.59 Å². The number of aliphatic carboxylic acids is 1. The summed E-state index contributed by atoms with van der Waals surface area (Å²) in [5.41, 5.74) is 2.09. The van der Waals surface area contributed by atoms with Crippen LogP contribution in [-0.4, -0.2) is 23.5 Å². The van der Waals surface area contributed by atoms with E-state index in [0.29, 0.717) is 19.4 Å². The summed E-state index contributed by atoms with van der Waals surface area (Å²) in [5.74, 6) is -0.978. The molecule has 1 aromatic rings. The molecule has 0 saturated carbocycles. The number of hydrogen-bond donors (Lipinski definition) is 2. The van der Waals surface area contributed by atoms with Crippen LogP contribution in [0.4, 0.5) is 0 Å². The highest BCUT2D eigenvalue weighted by atomic mass is 79.9. The van der Waals surface area contributed by atoms with Crippen molar-refractivity contribution in [3.63, 3.8) is 0 Å². The summed E-state index contributed by atoms with van der Waals surface area (Å²) in [6, 6.07) is 5.91. The molecule has 20 heavy (non-hydrogen) atoms. The van der Waals surface area contributed by atoms with Gasteiger partial charge in [0.05, 0.1) is 0 Å². The van der Waals surface area contributed by atoms with Gasteiger partial charge in [0, 0.05) is 23.5 Å². The third-order valence-electron chi connectivity index (χ3n) is 2.69. The van der Waals surface area contributed by atoms with E-state index in [2.05, 4.69) is 21.2 Å². The van der Waals surface area contributed by atoms with E-state index in [1.54, 1.807) is 6.08 Å². The van der Waals surface area contributed by atoms with Gasteiger partial charge in [-0.2, -0.15) is 0 Å². The second-order valence-corrected chi connectivity index (χ2v) is 5.35. The normalized spacial score (nSPS) is 10.7. The third kappa shape index (κ3) is 6.52. The summed E-state index contributed by atoms with van der Waals surface area (Å²) in [4.78, 5) is 21.9. The van der Waals surface area contributed by atoms with Crippen molar-refractivity contribution in [2.45, 2.75) is 26.2 Å². The maximum absolute atomic E-state index is 11.6. The van der Waals surface area contributed by atoms with E-state index in [9.17, 15) is 9.59 Å². The molecule has 0 radical (unpaired) electrons. The van der Waals surface area contributed by atoms with Crippen LogP contribution in [0.2, 0.25) is 0 Å². The Kier molecular flexibility index (Phi) is 7.01. The van der Waals surface area contributed by atoms with Gasteiger partial charge in [-0.3, -0.25) is 9.59 Å². The van der Waals surface area contributed by atoms with E-state index < -0.39 is 5.97 Å². The van der Waals surface area contributed by atoms with Gasteiger partial charge in [-0.15, -0.1) is 0 Å². The molecule has 0 heterocycles. The van der Waals surface area contributed by atoms with Crippen molar-refractivity contribution < 1.29 is 14.7 Å². The number of amides is 1. The first-order chi connectivity index (χ1) is 9.49. The molecule has 0 spiro atoms. The van der Waals surface area contributed by atoms with E-state index in [4.69, 9.17) is 5.11 Å². The van der Waals surface area contributed by atoms with Crippen molar-refractivity contribution in [2.24, 2.45) is 0 Å². The Morgan fingerprint density at radius 3 is 2.75 bits per heavy atom. The van der Waals surface area contributed by atoms with Crippen LogP contribution >= 0.6 is 15.9 Å². The predicted molar refractivity (Wildman–Crippen MR) is 82.4 cm³/mol. The Hall–Kier alpha value is -1.62. The van der Waals surface area contributed by atoms with Crippen molar-refractivity contribution in [3.05, 3.63) is 39.9 Å². The van der Waals surface area contributed by atoms with Gasteiger partial charge >= 0.3 is 5.97 Å². The Morgan fingerprint density at radius 2 is 2.10 bits per heavy atom. The second kappa shape index (κ2) is 8.53. The summed E-state index contributed by atoms with van der Waals surface area (Å²) < 4.78 is 0.947. The molecule has 0 aromatic heterocycles. The Labute approximate surface area is 127 Å². The first-order valence-electron chi connectivity index (χ1n) is 6.43. The molecule has 1 aromatic carbocycles. The molecular formula is C15H18BrNO3. The number of hydrogen-bond acceptors (Lipinski definition) is 2. The minimum atomic E-state index is -0.805. The lowest BCUT2D eigenvalue weighted by Gasteiger charge is -2.02. The smallest absolute Gasteiger partial charge is 0.303 e. The number of nitrogens with one attached hydrogen (secondary N) is 1. The lowest BCUT2D eigenvalue weighted by atomic mass is 10.1. The number of unbranched alkanes of at least 4 members (excludes halogenated alkanes) is 1. The highest BCUT2D eigenvalue weighted by molar-refractivity contribution is 9.10. The van der Waals surface area contributed by atoms with E-state index >= 15 is 0 Å². The fourth-order valence-corrected chi connectivity index (χ4v) is 2.23. The molecule has 0 saturated heterocycles. The molecule has 0 aliphatic rings. The molecular weight excluding hydrogens is 322 g/mol. The molecule has 4 nitrogen and oxygen atoms in total. The van der Waals surface area contributed by atoms with Gasteiger partial charge in [-0.05, 0) is 43.0 Å². The SMILES string of the molecule is Cc1ccc(C=CC(=O)NCCCCC(=O)O)c(Br)c1. The average molecular weight is 340 g/mol. The summed E-state index contributed by atoms with van der Waals surface area (Å²) in [5, 5.41) is 11.2. The maximum atomic E-state index is 11.6. The fourth-order valence-electron chi connectivity index (χ4n) is 1.60. The van der Waals surface area contributed by atoms with Crippen molar-refractivity contribution >= 4 is 33.9 Å². The van der Waals surface area contributed by atoms with E-state index in [0.717, 1.165) is 15.6 Å². The number of aryl methyl sites for hydroxylation is 1. The van der Waals surface area contributed by atoms with Gasteiger partial charge in [-0.1, -0.05) is 28.1 Å². The van der Waals surface area contributed by atoms with Crippen LogP contribution in [0.3, 0.4) is 0 Å². The number of halogens is 1. The molecule has 5 heteroatoms. The Balaban J connectivity index is 2.34. The zero-order valence-corrected chi connectivity index (χ0v) is 12.9. The second-order valence-electron chi connectivity index (χ2n) is 4.50. The summed E-state index contributed by atoms with van der Waals surface area (Å²) in [6.45, 7) is 2.49. The molecule has 0 bridgehead atoms. The molecule has 1 rings (SSSR count). The van der Waals surface area contributed by atoms with Crippen LogP contribution in [0.1, 0.15) is 30.4 Å². The molecule has 0 aliphatic carbocycles. The summed E-state index contributed by atoms with van der Waals surface area (Å²) >= 11 is 3.45. The highest BCUT2D eigenvalue weighted by Crippen LogP contribution is 2.19. The number of benzene rings is 1. The van der Waals surface area contributed by atoms with Gasteiger partial charge in [0.15, 0.2) is 0 Å². The first-order valence-corrected chi connectivity index (χ1v) is 7.22. The van der Waals surface area contributed by atoms with Crippen molar-refractivity contribution in [3.8, 4) is 0 Å². The van der Waals surface area contributed by atoms with Crippen molar-refractivity contribution in [1.82, 2.24) is 5.32 Å². The topological polar surface area (TPSA) is 66.4 Å². The quantitative estimate of drug-likeness (QED) is 0.592. The van der Waals surface area contributed by atoms with Crippen LogP contribution in [0.15, 0.2) is 28.7 Å². The molecule has 1 amide bonds. The maximum Gasteiger partial charge on any atom is 0.303 e. The van der Waals surface area contributed by atoms with Crippen LogP contribution in [0, 0.1) is 6.92 Å². The van der Waals surface area contributed by atoms with E-state index in [-0.39, 0.29) is 12.3 Å². The minimum absolute atomic E-state index is 0.141. The molecule has 0 fully saturated rings. The monoisotopic (exact) mass is 339 g/mol. The van der Waals surface area contributed by atoms with Gasteiger partial charge in [0.25, 0.3) is 0 Å². The molecule has 108 valence electrons. The van der Waals surface area contributed by atoms with Crippen LogP contribution in [0.5, 0.6) is 0 Å². The van der Waals surface area contributed by atoms with E-state index in [1.807, 2.05) is 25.1 Å². The summed E-state index contributed by atoms with van der Waals surface area (Å²) in [7, 11) is 0. The minimum Gasteiger partial charge on any atom is -0.481 e. The highest BCUT2D eigenvalue weighted by Gasteiger charge is 1.99. The summed E-state index contributed by atoms with van der Waals surface area (Å²) in [6.07, 6.45) is 4.60. The lowest BCUT2D eigenvalue weighted by Crippen LogP contribution is -2.22. The van der Waals surface area contributed by atoms with Crippen LogP contribution in [0.25, 0.3) is 6.08 Å². The zero-order valence-electron chi connectivity index (χ0n) is 11.4. The third-order valence-corrected chi connectivity index (χ3v) is 3.37. The first kappa shape index (κ1) is 16.4. The van der Waals surface area contributed by atoms with Crippen LogP contribution < -0.4 is 5.32 Å². The largest absolute Gasteiger partial charge is 0.481 e. The molecule has 2 N–H and O–H groups in total. The van der Waals surface area contributed by atoms with Crippen molar-refractivity contribution in [2.75, 3.05) is 6.54 Å². The predicted octanol–water partition coefficient (Wildman–Crippen LogP) is 3.14. The van der Waals surface area contributed by atoms with Crippen molar-refractivity contribution in [1.29, 1.82) is 0 Å². The number of carbonyl (C=O) groups is 2. The Morgan fingerprint density at radius 1 is 1.35 bits per heavy atom. The number of rotatable bonds is 7. The molecule has 0 atom stereocenters. The fraction of sp³-hybridized carbons (Fsp3) is 0.333. The number of carboxylic acids is 1. The van der Waals surface area contributed by atoms with Gasteiger partial charge in [-0.25, -0.2) is 0 Å². The zero-order chi connectivity index (χ0) is 15.0. The Bertz CT molecular complexity index is 512. The number of carbonyl (C=O) groups excluding carboxylic acids is 1. The average Bonchev–Trinajstić information content (AvgIpc) is 2.37. The molecule has 0 aliphatic heterocycles. The molecule has 0 unspecified atom stereocenters.